The summed E-state index contributed by atoms with van der Waals surface area (Å²) in [4.78, 5) is 24.7. The smallest absolute Gasteiger partial charge is 0.656 e. The fourth-order valence-electron chi connectivity index (χ4n) is 10.4. The van der Waals surface area contributed by atoms with Crippen molar-refractivity contribution in [1.82, 2.24) is 34.1 Å². The molecule has 0 spiro atoms. The van der Waals surface area contributed by atoms with Gasteiger partial charge in [-0.3, -0.25) is 14.5 Å². The van der Waals surface area contributed by atoms with Gasteiger partial charge >= 0.3 is 21.1 Å². The number of pyridine rings is 3. The van der Waals surface area contributed by atoms with Gasteiger partial charge in [0.2, 0.25) is 0 Å². The minimum Gasteiger partial charge on any atom is -0.656 e. The van der Waals surface area contributed by atoms with Crippen LogP contribution < -0.4 is 4.98 Å². The van der Waals surface area contributed by atoms with Crippen LogP contribution in [-0.4, -0.2) is 29.1 Å². The second kappa shape index (κ2) is 17.5. The molecule has 12 rings (SSSR count). The van der Waals surface area contributed by atoms with E-state index in [-0.39, 0.29) is 26.5 Å². The van der Waals surface area contributed by atoms with E-state index in [4.69, 9.17) is 15.0 Å². The van der Waals surface area contributed by atoms with Gasteiger partial charge in [-0.25, -0.2) is 9.97 Å². The molecular weight excluding hydrogens is 1040 g/mol. The van der Waals surface area contributed by atoms with Crippen molar-refractivity contribution < 1.29 is 21.1 Å². The van der Waals surface area contributed by atoms with E-state index in [9.17, 15) is 0 Å². The van der Waals surface area contributed by atoms with Crippen LogP contribution >= 0.6 is 0 Å². The third kappa shape index (κ3) is 7.46. The van der Waals surface area contributed by atoms with Crippen molar-refractivity contribution in [2.24, 2.45) is 0 Å². The second-order valence-corrected chi connectivity index (χ2v) is 19.9. The van der Waals surface area contributed by atoms with Crippen molar-refractivity contribution in [3.63, 3.8) is 0 Å². The Labute approximate surface area is 422 Å². The average Bonchev–Trinajstić information content (AvgIpc) is 4.06. The molecule has 6 aromatic heterocycles. The first kappa shape index (κ1) is 45.0. The summed E-state index contributed by atoms with van der Waals surface area (Å²) in [6.07, 6.45) is 9.33. The monoisotopic (exact) mass is 1090 g/mol. The predicted octanol–water partition coefficient (Wildman–Crippen LogP) is 15.6. The molecule has 70 heavy (non-hydrogen) atoms. The zero-order valence-electron chi connectivity index (χ0n) is 40.3. The standard InChI is InChI=1S/C62H51N7.Pt/c1-37(2)50-35-52-47-20-17-42(33-55(47)69(56(52)36-51(50)38(3)4)57-34-43(27-32-65-57)62(5,6)7)46-12-10-14-54-59(46)67-61(68(54)44-18-15-39(16-19-44)40-23-28-63-29-24-40)49-22-21-45(41-25-30-64-31-26-41)58-48-11-8-9-13-53(48)66-60(49)58;/h8-32,34-38H,1-7H3;/q-2;+2. The van der Waals surface area contributed by atoms with Gasteiger partial charge in [0.1, 0.15) is 11.6 Å². The molecule has 12 aromatic rings. The SMILES string of the molecule is CC(C)c1cc2c3ccc(-c4cccc5c4nc(-c4ccc(-c6ccncc6)c6c4[n-]c4ccccc46)n5-c4ccc(-c5ccncc5)cc4)[c-]c3n(-c3cc(C(C)(C)C)ccn3)c2cc1C(C)C.[Pt+2]. The molecule has 8 heteroatoms. The van der Waals surface area contributed by atoms with E-state index in [0.717, 1.165) is 106 Å². The van der Waals surface area contributed by atoms with Gasteiger partial charge in [-0.15, -0.1) is 34.8 Å². The maximum atomic E-state index is 5.71. The summed E-state index contributed by atoms with van der Waals surface area (Å²) in [5, 5.41) is 4.55. The number of imidazole rings is 1. The molecule has 7 nitrogen and oxygen atoms in total. The second-order valence-electron chi connectivity index (χ2n) is 19.9. The van der Waals surface area contributed by atoms with Crippen LogP contribution in [0.15, 0.2) is 171 Å². The Bertz CT molecular complexity index is 3930. The van der Waals surface area contributed by atoms with Gasteiger partial charge in [0.25, 0.3) is 0 Å². The summed E-state index contributed by atoms with van der Waals surface area (Å²) in [7, 11) is 0. The molecule has 0 fully saturated rings. The van der Waals surface area contributed by atoms with Crippen LogP contribution in [0.4, 0.5) is 0 Å². The van der Waals surface area contributed by atoms with Crippen LogP contribution in [0.25, 0.3) is 111 Å². The Hall–Kier alpha value is -7.47. The maximum absolute atomic E-state index is 5.71. The van der Waals surface area contributed by atoms with Crippen LogP contribution in [0, 0.1) is 6.07 Å². The molecule has 0 saturated heterocycles. The number of nitrogens with zero attached hydrogens (tertiary/aromatic N) is 7. The average molecular weight is 1090 g/mol. The Morgan fingerprint density at radius 1 is 0.557 bits per heavy atom. The van der Waals surface area contributed by atoms with Crippen molar-refractivity contribution in [2.75, 3.05) is 0 Å². The molecule has 0 bridgehead atoms. The van der Waals surface area contributed by atoms with E-state index in [0.29, 0.717) is 11.8 Å². The summed E-state index contributed by atoms with van der Waals surface area (Å²) < 4.78 is 4.63. The summed E-state index contributed by atoms with van der Waals surface area (Å²) in [6.45, 7) is 16.0. The topological polar surface area (TPSA) is 75.5 Å². The van der Waals surface area contributed by atoms with Crippen molar-refractivity contribution in [2.45, 2.75) is 65.7 Å². The summed E-state index contributed by atoms with van der Waals surface area (Å²) in [5.74, 6) is 2.43. The van der Waals surface area contributed by atoms with Crippen molar-refractivity contribution in [3.8, 4) is 56.3 Å². The number of hydrogen-bond acceptors (Lipinski definition) is 4. The molecule has 0 unspecified atom stereocenters. The molecule has 0 N–H and O–H groups in total. The third-order valence-corrected chi connectivity index (χ3v) is 13.9. The van der Waals surface area contributed by atoms with Gasteiger partial charge in [0, 0.05) is 47.8 Å². The summed E-state index contributed by atoms with van der Waals surface area (Å²) >= 11 is 0. The van der Waals surface area contributed by atoms with Gasteiger partial charge in [0.05, 0.1) is 11.0 Å². The Morgan fingerprint density at radius 2 is 1.24 bits per heavy atom. The van der Waals surface area contributed by atoms with Crippen LogP contribution in [0.2, 0.25) is 0 Å². The minimum absolute atomic E-state index is 0. The van der Waals surface area contributed by atoms with Crippen molar-refractivity contribution in [3.05, 3.63) is 193 Å². The first-order valence-corrected chi connectivity index (χ1v) is 23.9. The van der Waals surface area contributed by atoms with Crippen LogP contribution in [0.1, 0.15) is 77.0 Å². The molecule has 0 atom stereocenters. The fraction of sp³-hybridized carbons (Fsp3) is 0.161. The number of benzene rings is 6. The zero-order chi connectivity index (χ0) is 47.1. The van der Waals surface area contributed by atoms with E-state index in [1.54, 1.807) is 0 Å². The van der Waals surface area contributed by atoms with Crippen LogP contribution in [0.3, 0.4) is 0 Å². The van der Waals surface area contributed by atoms with E-state index in [1.165, 1.54) is 22.1 Å². The van der Waals surface area contributed by atoms with Gasteiger partial charge in [-0.05, 0) is 139 Å². The van der Waals surface area contributed by atoms with Gasteiger partial charge in [-0.2, -0.15) is 0 Å². The maximum Gasteiger partial charge on any atom is 2.00 e. The van der Waals surface area contributed by atoms with E-state index in [1.807, 2.05) is 43.1 Å². The Kier molecular flexibility index (Phi) is 11.2. The van der Waals surface area contributed by atoms with Gasteiger partial charge < -0.3 is 9.55 Å². The van der Waals surface area contributed by atoms with Gasteiger partial charge in [-0.1, -0.05) is 126 Å². The molecule has 0 aliphatic rings. The van der Waals surface area contributed by atoms with E-state index >= 15 is 0 Å². The number of fused-ring (bicyclic) bond motifs is 7. The van der Waals surface area contributed by atoms with Gasteiger partial charge in [0.15, 0.2) is 0 Å². The van der Waals surface area contributed by atoms with E-state index < -0.39 is 0 Å². The molecule has 6 aromatic carbocycles. The molecule has 344 valence electrons. The first-order valence-electron chi connectivity index (χ1n) is 23.9. The molecule has 0 amide bonds. The Morgan fingerprint density at radius 3 is 1.97 bits per heavy atom. The number of rotatable bonds is 8. The molecule has 0 radical (unpaired) electrons. The van der Waals surface area contributed by atoms with E-state index in [2.05, 4.69) is 201 Å². The minimum atomic E-state index is -0.0553. The van der Waals surface area contributed by atoms with Crippen LogP contribution in [-0.2, 0) is 26.5 Å². The summed E-state index contributed by atoms with van der Waals surface area (Å²) in [6, 6.07) is 54.0. The zero-order valence-corrected chi connectivity index (χ0v) is 42.5. The normalized spacial score (nSPS) is 12.1. The van der Waals surface area contributed by atoms with Crippen molar-refractivity contribution >= 4 is 54.6 Å². The van der Waals surface area contributed by atoms with Crippen LogP contribution in [0.5, 0.6) is 0 Å². The summed E-state index contributed by atoms with van der Waals surface area (Å²) in [5.41, 5.74) is 18.1. The number of aromatic nitrogens is 7. The number of para-hydroxylation sites is 2. The predicted molar refractivity (Wildman–Crippen MR) is 285 cm³/mol. The van der Waals surface area contributed by atoms with Crippen molar-refractivity contribution in [1.29, 1.82) is 0 Å². The molecule has 0 aliphatic carbocycles. The first-order chi connectivity index (χ1) is 33.5. The fourth-order valence-corrected chi connectivity index (χ4v) is 10.4. The molecule has 0 saturated carbocycles. The third-order valence-electron chi connectivity index (χ3n) is 13.9. The number of hydrogen-bond donors (Lipinski definition) is 0. The molecule has 6 heterocycles. The Balaban J connectivity index is 0.00000533. The molecule has 0 aliphatic heterocycles. The largest absolute Gasteiger partial charge is 2.00 e. The quantitative estimate of drug-likeness (QED) is 0.142. The molecular formula is C62H51N7Pt.